The fourth-order valence-corrected chi connectivity index (χ4v) is 6.62. The van der Waals surface area contributed by atoms with E-state index in [4.69, 9.17) is 9.40 Å². The summed E-state index contributed by atoms with van der Waals surface area (Å²) in [4.78, 5) is 9.51. The maximum atomic E-state index is 16.5. The smallest absolute Gasteiger partial charge is 0.150 e. The minimum Gasteiger partial charge on any atom is -0.455 e. The van der Waals surface area contributed by atoms with Gasteiger partial charge in [-0.1, -0.05) is 66.7 Å². The van der Waals surface area contributed by atoms with Crippen molar-refractivity contribution in [3.05, 3.63) is 139 Å². The number of furan rings is 1. The van der Waals surface area contributed by atoms with Crippen LogP contribution < -0.4 is 0 Å². The monoisotopic (exact) mass is 572 g/mol. The third kappa shape index (κ3) is 3.57. The van der Waals surface area contributed by atoms with E-state index in [1.807, 2.05) is 110 Å². The summed E-state index contributed by atoms with van der Waals surface area (Å²) in [5, 5.41) is 4.10. The number of hydrogen-bond donors (Lipinski definition) is 0. The second-order valence-electron chi connectivity index (χ2n) is 11.2. The Bertz CT molecular complexity index is 2540. The third-order valence-electron chi connectivity index (χ3n) is 8.69. The van der Waals surface area contributed by atoms with Crippen LogP contribution in [-0.4, -0.2) is 19.1 Å². The summed E-state index contributed by atoms with van der Waals surface area (Å²) >= 11 is 0. The molecule has 0 spiro atoms. The highest BCUT2D eigenvalue weighted by Crippen LogP contribution is 2.41. The molecule has 210 valence electrons. The van der Waals surface area contributed by atoms with Gasteiger partial charge in [-0.15, -0.1) is 0 Å². The number of hydrogen-bond acceptors (Lipinski definition) is 3. The number of imidazole rings is 1. The van der Waals surface area contributed by atoms with Crippen molar-refractivity contribution in [2.24, 2.45) is 7.05 Å². The molecule has 0 aliphatic heterocycles. The Morgan fingerprint density at radius 2 is 1.50 bits per heavy atom. The Hall–Kier alpha value is -5.75. The van der Waals surface area contributed by atoms with E-state index in [1.54, 1.807) is 6.20 Å². The molecule has 9 aromatic rings. The highest BCUT2D eigenvalue weighted by Gasteiger charge is 2.22. The van der Waals surface area contributed by atoms with Crippen LogP contribution in [0.2, 0.25) is 0 Å². The number of aryl methyl sites for hydroxylation is 1. The molecule has 0 N–H and O–H groups in total. The molecule has 5 nitrogen and oxygen atoms in total. The first-order chi connectivity index (χ1) is 21.7. The Balaban J connectivity index is 1.23. The van der Waals surface area contributed by atoms with Crippen LogP contribution in [0.1, 0.15) is 17.3 Å². The Morgan fingerprint density at radius 3 is 2.39 bits per heavy atom. The molecule has 0 fully saturated rings. The number of alkyl halides is 1. The van der Waals surface area contributed by atoms with Gasteiger partial charge in [-0.2, -0.15) is 0 Å². The van der Waals surface area contributed by atoms with Crippen LogP contribution in [0.15, 0.2) is 132 Å². The zero-order valence-electron chi connectivity index (χ0n) is 23.8. The van der Waals surface area contributed by atoms with Crippen LogP contribution in [0.4, 0.5) is 4.39 Å². The summed E-state index contributed by atoms with van der Waals surface area (Å²) in [5.74, 6) is 1.57. The number of benzene rings is 5. The SMILES string of the molecule is Cn1c(-c2cccc(C(F)c3ccc4c5c6oc7ccccc7c6ccc5n(-c5ccccn5)c4c3)c2)nc2ccccc21. The molecule has 44 heavy (non-hydrogen) atoms. The van der Waals surface area contributed by atoms with Gasteiger partial charge in [-0.05, 0) is 65.7 Å². The maximum Gasteiger partial charge on any atom is 0.150 e. The van der Waals surface area contributed by atoms with Crippen LogP contribution in [0, 0.1) is 0 Å². The van der Waals surface area contributed by atoms with Crippen molar-refractivity contribution in [3.8, 4) is 17.2 Å². The zero-order valence-corrected chi connectivity index (χ0v) is 23.8. The van der Waals surface area contributed by atoms with Gasteiger partial charge >= 0.3 is 0 Å². The lowest BCUT2D eigenvalue weighted by Gasteiger charge is -2.12. The molecule has 0 saturated carbocycles. The predicted octanol–water partition coefficient (Wildman–Crippen LogP) is 9.69. The standard InChI is InChI=1S/C38H25FN4O/c1-42-30-13-4-3-12-29(30)41-38(42)25-10-8-9-23(21-25)36(39)24-16-17-28-32(22-24)43(34-15-6-7-20-40-34)31-19-18-27-26-11-2-5-14-33(26)44-37(27)35(28)31/h2-22,36H,1H3. The Labute approximate surface area is 251 Å². The summed E-state index contributed by atoms with van der Waals surface area (Å²) in [6.45, 7) is 0. The van der Waals surface area contributed by atoms with Gasteiger partial charge in [0.05, 0.1) is 27.5 Å². The minimum absolute atomic E-state index is 0.570. The average Bonchev–Trinajstić information content (AvgIpc) is 3.73. The lowest BCUT2D eigenvalue weighted by Crippen LogP contribution is -1.99. The topological polar surface area (TPSA) is 48.8 Å². The summed E-state index contributed by atoms with van der Waals surface area (Å²) in [6.07, 6.45) is 0.441. The number of fused-ring (bicyclic) bond motifs is 8. The molecule has 0 aliphatic carbocycles. The number of rotatable bonds is 4. The average molecular weight is 573 g/mol. The fourth-order valence-electron chi connectivity index (χ4n) is 6.62. The highest BCUT2D eigenvalue weighted by atomic mass is 19.1. The lowest BCUT2D eigenvalue weighted by molar-refractivity contribution is 0.402. The van der Waals surface area contributed by atoms with E-state index in [2.05, 4.69) is 32.3 Å². The van der Waals surface area contributed by atoms with Gasteiger partial charge in [0.25, 0.3) is 0 Å². The van der Waals surface area contributed by atoms with Crippen LogP contribution >= 0.6 is 0 Å². The van der Waals surface area contributed by atoms with Crippen LogP contribution in [0.5, 0.6) is 0 Å². The molecule has 1 unspecified atom stereocenters. The molecule has 5 aromatic carbocycles. The van der Waals surface area contributed by atoms with Crippen molar-refractivity contribution >= 4 is 54.8 Å². The van der Waals surface area contributed by atoms with Crippen LogP contribution in [0.3, 0.4) is 0 Å². The van der Waals surface area contributed by atoms with E-state index >= 15 is 4.39 Å². The van der Waals surface area contributed by atoms with Crippen molar-refractivity contribution in [2.75, 3.05) is 0 Å². The second-order valence-corrected chi connectivity index (χ2v) is 11.2. The Kier molecular flexibility index (Phi) is 5.29. The van der Waals surface area contributed by atoms with E-state index in [1.165, 1.54) is 0 Å². The number of halogens is 1. The molecule has 0 radical (unpaired) electrons. The largest absolute Gasteiger partial charge is 0.455 e. The molecule has 0 saturated heterocycles. The van der Waals surface area contributed by atoms with Gasteiger partial charge in [0.15, 0.2) is 6.17 Å². The highest BCUT2D eigenvalue weighted by molar-refractivity contribution is 6.23. The van der Waals surface area contributed by atoms with Gasteiger partial charge in [-0.25, -0.2) is 14.4 Å². The predicted molar refractivity (Wildman–Crippen MR) is 175 cm³/mol. The zero-order chi connectivity index (χ0) is 29.4. The number of para-hydroxylation sites is 3. The van der Waals surface area contributed by atoms with E-state index in [0.29, 0.717) is 11.1 Å². The molecule has 9 rings (SSSR count). The summed E-state index contributed by atoms with van der Waals surface area (Å²) in [6, 6.07) is 39.6. The minimum atomic E-state index is -1.34. The molecule has 4 heterocycles. The van der Waals surface area contributed by atoms with Crippen LogP contribution in [-0.2, 0) is 7.05 Å². The summed E-state index contributed by atoms with van der Waals surface area (Å²) < 4.78 is 27.1. The molecule has 4 aromatic heterocycles. The second kappa shape index (κ2) is 9.38. The van der Waals surface area contributed by atoms with E-state index in [0.717, 1.165) is 72.0 Å². The van der Waals surface area contributed by atoms with Crippen molar-refractivity contribution < 1.29 is 8.81 Å². The van der Waals surface area contributed by atoms with Gasteiger partial charge in [0, 0.05) is 35.0 Å². The number of aromatic nitrogens is 4. The normalized spacial score (nSPS) is 12.7. The molecular weight excluding hydrogens is 547 g/mol. The number of pyridine rings is 1. The van der Waals surface area contributed by atoms with Crippen molar-refractivity contribution in [1.82, 2.24) is 19.1 Å². The molecule has 1 atom stereocenters. The fraction of sp³-hybridized carbons (Fsp3) is 0.0526. The maximum absolute atomic E-state index is 16.5. The Morgan fingerprint density at radius 1 is 0.682 bits per heavy atom. The first-order valence-electron chi connectivity index (χ1n) is 14.6. The molecule has 0 bridgehead atoms. The van der Waals surface area contributed by atoms with Crippen molar-refractivity contribution in [3.63, 3.8) is 0 Å². The van der Waals surface area contributed by atoms with Crippen molar-refractivity contribution in [2.45, 2.75) is 6.17 Å². The summed E-state index contributed by atoms with van der Waals surface area (Å²) in [5.41, 5.74) is 7.47. The van der Waals surface area contributed by atoms with Gasteiger partial charge in [-0.3, -0.25) is 4.57 Å². The molecule has 0 amide bonds. The quantitative estimate of drug-likeness (QED) is 0.211. The first-order valence-corrected chi connectivity index (χ1v) is 14.6. The van der Waals surface area contributed by atoms with Gasteiger partial charge in [0.2, 0.25) is 0 Å². The van der Waals surface area contributed by atoms with Crippen LogP contribution in [0.25, 0.3) is 72.0 Å². The van der Waals surface area contributed by atoms with Gasteiger partial charge in [0.1, 0.15) is 22.8 Å². The summed E-state index contributed by atoms with van der Waals surface area (Å²) in [7, 11) is 1.99. The van der Waals surface area contributed by atoms with E-state index < -0.39 is 6.17 Å². The molecule has 0 aliphatic rings. The van der Waals surface area contributed by atoms with Crippen molar-refractivity contribution in [1.29, 1.82) is 0 Å². The molecular formula is C38H25FN4O. The van der Waals surface area contributed by atoms with E-state index in [9.17, 15) is 0 Å². The first kappa shape index (κ1) is 24.8. The van der Waals surface area contributed by atoms with E-state index in [-0.39, 0.29) is 0 Å². The van der Waals surface area contributed by atoms with Gasteiger partial charge < -0.3 is 8.98 Å². The third-order valence-corrected chi connectivity index (χ3v) is 8.69. The number of nitrogens with zero attached hydrogens (tertiary/aromatic N) is 4. The molecule has 6 heteroatoms. The lowest BCUT2D eigenvalue weighted by atomic mass is 9.99.